The molecule has 0 atom stereocenters. The van der Waals surface area contributed by atoms with E-state index >= 15 is 0 Å². The molecule has 1 amide bonds. The number of nitriles is 1. The molecule has 0 saturated carbocycles. The fraction of sp³-hybridized carbons (Fsp3) is 0.444. The number of nitrogens with zero attached hydrogens (tertiary/aromatic N) is 2. The third-order valence-electron chi connectivity index (χ3n) is 3.47. The van der Waals surface area contributed by atoms with Crippen molar-refractivity contribution in [2.45, 2.75) is 39.3 Å². The lowest BCUT2D eigenvalue weighted by atomic mass is 10.1. The SMILES string of the molecule is CCCCN(/C=C(/C#N)C(=O)Nc1ccccc1C(F)(F)F)CCC. The molecule has 136 valence electrons. The predicted molar refractivity (Wildman–Crippen MR) is 90.5 cm³/mol. The second-order valence-corrected chi connectivity index (χ2v) is 5.54. The Bertz CT molecular complexity index is 648. The van der Waals surface area contributed by atoms with Gasteiger partial charge in [-0.1, -0.05) is 32.4 Å². The number of benzene rings is 1. The maximum absolute atomic E-state index is 13.0. The van der Waals surface area contributed by atoms with Gasteiger partial charge in [0.2, 0.25) is 0 Å². The first-order valence-corrected chi connectivity index (χ1v) is 8.17. The zero-order valence-corrected chi connectivity index (χ0v) is 14.4. The molecule has 0 aromatic heterocycles. The molecular weight excluding hydrogens is 331 g/mol. The van der Waals surface area contributed by atoms with Crippen LogP contribution in [-0.2, 0) is 11.0 Å². The molecule has 0 saturated heterocycles. The first-order chi connectivity index (χ1) is 11.8. The molecule has 0 bridgehead atoms. The summed E-state index contributed by atoms with van der Waals surface area (Å²) in [5.41, 5.74) is -1.53. The van der Waals surface area contributed by atoms with Gasteiger partial charge in [-0.2, -0.15) is 18.4 Å². The fourth-order valence-electron chi connectivity index (χ4n) is 2.24. The number of carbonyl (C=O) groups excluding carboxylic acids is 1. The van der Waals surface area contributed by atoms with E-state index in [2.05, 4.69) is 5.32 Å². The molecule has 0 aliphatic carbocycles. The third-order valence-corrected chi connectivity index (χ3v) is 3.47. The number of unbranched alkanes of at least 4 members (excludes halogenated alkanes) is 1. The van der Waals surface area contributed by atoms with Crippen molar-refractivity contribution in [1.29, 1.82) is 5.26 Å². The molecule has 4 nitrogen and oxygen atoms in total. The second-order valence-electron chi connectivity index (χ2n) is 5.54. The van der Waals surface area contributed by atoms with E-state index in [1.807, 2.05) is 18.7 Å². The summed E-state index contributed by atoms with van der Waals surface area (Å²) in [5.74, 6) is -0.850. The molecule has 0 aliphatic heterocycles. The van der Waals surface area contributed by atoms with Crippen LogP contribution in [0, 0.1) is 11.3 Å². The molecule has 1 N–H and O–H groups in total. The minimum Gasteiger partial charge on any atom is -0.376 e. The van der Waals surface area contributed by atoms with E-state index in [1.165, 1.54) is 18.3 Å². The number of rotatable bonds is 8. The Morgan fingerprint density at radius 1 is 1.24 bits per heavy atom. The zero-order valence-electron chi connectivity index (χ0n) is 14.4. The van der Waals surface area contributed by atoms with Gasteiger partial charge in [0.05, 0.1) is 11.3 Å². The molecule has 0 heterocycles. The molecule has 0 unspecified atom stereocenters. The number of para-hydroxylation sites is 1. The van der Waals surface area contributed by atoms with E-state index < -0.39 is 17.6 Å². The molecule has 0 aliphatic rings. The van der Waals surface area contributed by atoms with Crippen LogP contribution in [0.5, 0.6) is 0 Å². The standard InChI is InChI=1S/C18H22F3N3O/c1-3-5-11-24(10-4-2)13-14(12-22)17(25)23-16-9-7-6-8-15(16)18(19,20)21/h6-9,13H,3-5,10-11H2,1-2H3,(H,23,25)/b14-13-. The van der Waals surface area contributed by atoms with Gasteiger partial charge >= 0.3 is 6.18 Å². The molecule has 7 heteroatoms. The zero-order chi connectivity index (χ0) is 18.9. The largest absolute Gasteiger partial charge is 0.418 e. The van der Waals surface area contributed by atoms with Gasteiger partial charge in [-0.15, -0.1) is 0 Å². The lowest BCUT2D eigenvalue weighted by Gasteiger charge is -2.20. The molecule has 1 aromatic rings. The molecular formula is C18H22F3N3O. The Hall–Kier alpha value is -2.49. The van der Waals surface area contributed by atoms with E-state index in [0.29, 0.717) is 13.1 Å². The summed E-state index contributed by atoms with van der Waals surface area (Å²) in [4.78, 5) is 14.1. The highest BCUT2D eigenvalue weighted by Crippen LogP contribution is 2.34. The van der Waals surface area contributed by atoms with Gasteiger partial charge in [-0.25, -0.2) is 0 Å². The summed E-state index contributed by atoms with van der Waals surface area (Å²) in [6.45, 7) is 5.35. The van der Waals surface area contributed by atoms with Gasteiger partial charge in [0, 0.05) is 19.3 Å². The summed E-state index contributed by atoms with van der Waals surface area (Å²) < 4.78 is 39.0. The van der Waals surface area contributed by atoms with Crippen molar-refractivity contribution in [1.82, 2.24) is 4.90 Å². The van der Waals surface area contributed by atoms with Gasteiger partial charge in [-0.3, -0.25) is 4.79 Å². The number of alkyl halides is 3. The molecule has 0 fully saturated rings. The van der Waals surface area contributed by atoms with Crippen LogP contribution in [0.2, 0.25) is 0 Å². The Balaban J connectivity index is 3.00. The minimum absolute atomic E-state index is 0.221. The van der Waals surface area contributed by atoms with E-state index in [0.717, 1.165) is 31.4 Å². The van der Waals surface area contributed by atoms with E-state index in [9.17, 15) is 23.2 Å². The summed E-state index contributed by atoms with van der Waals surface area (Å²) in [6.07, 6.45) is -0.479. The van der Waals surface area contributed by atoms with Gasteiger partial charge in [0.15, 0.2) is 0 Å². The molecule has 0 radical (unpaired) electrons. The molecule has 0 spiro atoms. The van der Waals surface area contributed by atoms with E-state index in [1.54, 1.807) is 6.07 Å². The first kappa shape index (κ1) is 20.6. The number of hydrogen-bond donors (Lipinski definition) is 1. The highest BCUT2D eigenvalue weighted by atomic mass is 19.4. The maximum atomic E-state index is 13.0. The summed E-state index contributed by atoms with van der Waals surface area (Å²) in [5, 5.41) is 11.4. The van der Waals surface area contributed by atoms with Crippen molar-refractivity contribution in [2.75, 3.05) is 18.4 Å². The number of amides is 1. The monoisotopic (exact) mass is 353 g/mol. The van der Waals surface area contributed by atoms with Crippen LogP contribution < -0.4 is 5.32 Å². The second kappa shape index (κ2) is 9.72. The molecule has 1 aromatic carbocycles. The van der Waals surface area contributed by atoms with Crippen LogP contribution in [0.4, 0.5) is 18.9 Å². The summed E-state index contributed by atoms with van der Waals surface area (Å²) in [6, 6.07) is 6.46. The van der Waals surface area contributed by atoms with Crippen LogP contribution in [0.1, 0.15) is 38.7 Å². The topological polar surface area (TPSA) is 56.1 Å². The van der Waals surface area contributed by atoms with Crippen molar-refractivity contribution in [3.05, 3.63) is 41.6 Å². The molecule has 1 rings (SSSR count). The Labute approximate surface area is 145 Å². The average Bonchev–Trinajstić information content (AvgIpc) is 2.56. The number of hydrogen-bond acceptors (Lipinski definition) is 3. The number of halogens is 3. The van der Waals surface area contributed by atoms with Crippen LogP contribution >= 0.6 is 0 Å². The van der Waals surface area contributed by atoms with Crippen LogP contribution in [0.25, 0.3) is 0 Å². The van der Waals surface area contributed by atoms with Crippen LogP contribution in [0.15, 0.2) is 36.0 Å². The lowest BCUT2D eigenvalue weighted by molar-refractivity contribution is -0.137. The smallest absolute Gasteiger partial charge is 0.376 e. The van der Waals surface area contributed by atoms with Gasteiger partial charge in [0.25, 0.3) is 5.91 Å². The predicted octanol–water partition coefficient (Wildman–Crippen LogP) is 4.56. The van der Waals surface area contributed by atoms with Gasteiger partial charge in [0.1, 0.15) is 11.6 Å². The van der Waals surface area contributed by atoms with E-state index in [4.69, 9.17) is 0 Å². The number of nitrogens with one attached hydrogen (secondary N) is 1. The third kappa shape index (κ3) is 6.49. The van der Waals surface area contributed by atoms with Crippen molar-refractivity contribution in [3.63, 3.8) is 0 Å². The van der Waals surface area contributed by atoms with E-state index in [-0.39, 0.29) is 11.3 Å². The quantitative estimate of drug-likeness (QED) is 0.550. The first-order valence-electron chi connectivity index (χ1n) is 8.17. The lowest BCUT2D eigenvalue weighted by Crippen LogP contribution is -2.23. The Morgan fingerprint density at radius 2 is 1.92 bits per heavy atom. The van der Waals surface area contributed by atoms with Gasteiger partial charge < -0.3 is 10.2 Å². The highest BCUT2D eigenvalue weighted by molar-refractivity contribution is 6.06. The van der Waals surface area contributed by atoms with Gasteiger partial charge in [-0.05, 0) is 25.0 Å². The average molecular weight is 353 g/mol. The van der Waals surface area contributed by atoms with Crippen LogP contribution in [0.3, 0.4) is 0 Å². The van der Waals surface area contributed by atoms with Crippen molar-refractivity contribution < 1.29 is 18.0 Å². The highest BCUT2D eigenvalue weighted by Gasteiger charge is 2.33. The van der Waals surface area contributed by atoms with Crippen LogP contribution in [-0.4, -0.2) is 23.9 Å². The van der Waals surface area contributed by atoms with Crippen molar-refractivity contribution >= 4 is 11.6 Å². The minimum atomic E-state index is -4.59. The van der Waals surface area contributed by atoms with Crippen molar-refractivity contribution in [3.8, 4) is 6.07 Å². The Morgan fingerprint density at radius 3 is 2.48 bits per heavy atom. The Kier molecular flexibility index (Phi) is 7.99. The normalized spacial score (nSPS) is 11.8. The number of carbonyl (C=O) groups is 1. The summed E-state index contributed by atoms with van der Waals surface area (Å²) >= 11 is 0. The van der Waals surface area contributed by atoms with Crippen molar-refractivity contribution in [2.24, 2.45) is 0 Å². The maximum Gasteiger partial charge on any atom is 0.418 e. The summed E-state index contributed by atoms with van der Waals surface area (Å²) in [7, 11) is 0. The number of anilines is 1. The fourth-order valence-corrected chi connectivity index (χ4v) is 2.24. The molecule has 25 heavy (non-hydrogen) atoms.